The molecule has 9 nitrogen and oxygen atoms in total. The number of hydrogen-bond donors (Lipinski definition) is 1. The number of ether oxygens (including phenoxy) is 1. The smallest absolute Gasteiger partial charge is 0.407 e. The van der Waals surface area contributed by atoms with Gasteiger partial charge in [-0.1, -0.05) is 32.4 Å². The summed E-state index contributed by atoms with van der Waals surface area (Å²) in [5.41, 5.74) is 4.51. The Balaban J connectivity index is 1.51. The number of rotatable bonds is 6. The van der Waals surface area contributed by atoms with Crippen LogP contribution in [-0.4, -0.2) is 69.4 Å². The molecular formula is C27H34ClN5O4Si. The number of morpholine rings is 1. The third-order valence-corrected chi connectivity index (χ3v) is 12.5. The van der Waals surface area contributed by atoms with E-state index in [9.17, 15) is 9.90 Å². The average Bonchev–Trinajstić information content (AvgIpc) is 3.45. The molecule has 0 saturated carbocycles. The van der Waals surface area contributed by atoms with E-state index in [0.29, 0.717) is 37.9 Å². The van der Waals surface area contributed by atoms with Crippen molar-refractivity contribution in [2.24, 2.45) is 0 Å². The number of nitrogens with zero attached hydrogens (tertiary/aromatic N) is 5. The van der Waals surface area contributed by atoms with E-state index in [1.165, 1.54) is 4.90 Å². The Hall–Kier alpha value is -2.92. The fourth-order valence-corrected chi connectivity index (χ4v) is 5.81. The molecule has 0 spiro atoms. The SMILES string of the molecule is CC(C)(C)[Si](C)(C)OCc1cc2c(-c3cc(Cl)cc4ccn(C[C@@H]5CN(C(=O)O)CCO5)c34)ncnn2c1. The van der Waals surface area contributed by atoms with Gasteiger partial charge < -0.3 is 23.7 Å². The van der Waals surface area contributed by atoms with Gasteiger partial charge in [-0.2, -0.15) is 5.10 Å². The molecule has 0 aliphatic carbocycles. The van der Waals surface area contributed by atoms with Gasteiger partial charge in [0, 0.05) is 34.9 Å². The highest BCUT2D eigenvalue weighted by Crippen LogP contribution is 2.38. The Kier molecular flexibility index (Phi) is 7.02. The van der Waals surface area contributed by atoms with Gasteiger partial charge in [-0.25, -0.2) is 14.3 Å². The number of carbonyl (C=O) groups is 1. The molecule has 0 bridgehead atoms. The molecule has 38 heavy (non-hydrogen) atoms. The van der Waals surface area contributed by atoms with Crippen molar-refractivity contribution in [1.29, 1.82) is 0 Å². The number of fused-ring (bicyclic) bond motifs is 2. The van der Waals surface area contributed by atoms with Gasteiger partial charge in [-0.3, -0.25) is 0 Å². The minimum Gasteiger partial charge on any atom is -0.465 e. The zero-order valence-corrected chi connectivity index (χ0v) is 24.2. The van der Waals surface area contributed by atoms with Crippen LogP contribution in [0.15, 0.2) is 43.0 Å². The van der Waals surface area contributed by atoms with Gasteiger partial charge in [0.1, 0.15) is 6.33 Å². The fourth-order valence-electron chi connectivity index (χ4n) is 4.62. The molecule has 1 N–H and O–H groups in total. The molecule has 1 amide bonds. The van der Waals surface area contributed by atoms with Crippen molar-refractivity contribution in [3.8, 4) is 11.3 Å². The van der Waals surface area contributed by atoms with Crippen LogP contribution in [0.25, 0.3) is 27.7 Å². The Bertz CT molecular complexity index is 1490. The highest BCUT2D eigenvalue weighted by molar-refractivity contribution is 6.74. The Morgan fingerprint density at radius 2 is 2.08 bits per heavy atom. The summed E-state index contributed by atoms with van der Waals surface area (Å²) in [6, 6.07) is 7.94. The van der Waals surface area contributed by atoms with Crippen molar-refractivity contribution in [3.05, 3.63) is 53.6 Å². The van der Waals surface area contributed by atoms with Crippen molar-refractivity contribution >= 4 is 42.4 Å². The molecule has 0 unspecified atom stereocenters. The topological polar surface area (TPSA) is 94.1 Å². The van der Waals surface area contributed by atoms with Crippen molar-refractivity contribution in [3.63, 3.8) is 0 Å². The second-order valence-electron chi connectivity index (χ2n) is 11.4. The zero-order chi connectivity index (χ0) is 27.2. The summed E-state index contributed by atoms with van der Waals surface area (Å²) in [4.78, 5) is 17.6. The van der Waals surface area contributed by atoms with E-state index < -0.39 is 14.4 Å². The lowest BCUT2D eigenvalue weighted by Crippen LogP contribution is -2.46. The van der Waals surface area contributed by atoms with Crippen LogP contribution in [0, 0.1) is 0 Å². The molecule has 5 rings (SSSR count). The van der Waals surface area contributed by atoms with Gasteiger partial charge in [0.15, 0.2) is 8.32 Å². The van der Waals surface area contributed by atoms with Crippen molar-refractivity contribution in [2.45, 2.75) is 58.2 Å². The van der Waals surface area contributed by atoms with Crippen LogP contribution in [0.4, 0.5) is 4.79 Å². The minimum atomic E-state index is -1.91. The third-order valence-electron chi connectivity index (χ3n) is 7.76. The second kappa shape index (κ2) is 9.99. The predicted molar refractivity (Wildman–Crippen MR) is 150 cm³/mol. The minimum absolute atomic E-state index is 0.123. The van der Waals surface area contributed by atoms with E-state index in [2.05, 4.69) is 54.6 Å². The molecular weight excluding hydrogens is 522 g/mol. The first-order valence-corrected chi connectivity index (χ1v) is 16.1. The summed E-state index contributed by atoms with van der Waals surface area (Å²) in [7, 11) is -1.91. The fraction of sp³-hybridized carbons (Fsp3) is 0.444. The molecule has 1 aliphatic heterocycles. The van der Waals surface area contributed by atoms with Gasteiger partial charge in [0.25, 0.3) is 0 Å². The number of aromatic nitrogens is 4. The molecule has 1 aromatic carbocycles. The highest BCUT2D eigenvalue weighted by Gasteiger charge is 2.37. The normalized spacial score (nSPS) is 17.0. The van der Waals surface area contributed by atoms with E-state index in [1.54, 1.807) is 6.33 Å². The average molecular weight is 556 g/mol. The molecule has 4 aromatic rings. The van der Waals surface area contributed by atoms with E-state index in [1.807, 2.05) is 35.1 Å². The van der Waals surface area contributed by atoms with E-state index in [0.717, 1.165) is 33.2 Å². The summed E-state index contributed by atoms with van der Waals surface area (Å²) in [6.07, 6.45) is 4.35. The quantitative estimate of drug-likeness (QED) is 0.297. The lowest BCUT2D eigenvalue weighted by atomic mass is 10.1. The third kappa shape index (κ3) is 5.18. The first-order chi connectivity index (χ1) is 17.9. The maximum Gasteiger partial charge on any atom is 0.407 e. The lowest BCUT2D eigenvalue weighted by Gasteiger charge is -2.36. The monoisotopic (exact) mass is 555 g/mol. The lowest BCUT2D eigenvalue weighted by molar-refractivity contribution is -0.0287. The summed E-state index contributed by atoms with van der Waals surface area (Å²) in [5.74, 6) is 0. The van der Waals surface area contributed by atoms with Gasteiger partial charge >= 0.3 is 6.09 Å². The summed E-state index contributed by atoms with van der Waals surface area (Å²) >= 11 is 6.56. The van der Waals surface area contributed by atoms with E-state index in [-0.39, 0.29) is 11.1 Å². The van der Waals surface area contributed by atoms with Gasteiger partial charge in [-0.15, -0.1) is 0 Å². The summed E-state index contributed by atoms with van der Waals surface area (Å²) < 4.78 is 16.3. The van der Waals surface area contributed by atoms with Crippen molar-refractivity contribution in [2.75, 3.05) is 19.7 Å². The summed E-state index contributed by atoms with van der Waals surface area (Å²) in [6.45, 7) is 13.3. The van der Waals surface area contributed by atoms with Crippen LogP contribution in [0.1, 0.15) is 26.3 Å². The number of halogens is 1. The standard InChI is InChI=1S/C27H34ClN5O4Si/c1-27(2,3)38(4,5)37-16-18-10-23-24(29-17-30-33(23)13-18)22-12-20(28)11-19-6-7-31(25(19)22)14-21-15-32(26(34)35)8-9-36-21/h6-7,10-13,17,21H,8-9,14-16H2,1-5H3,(H,34,35)/t21-/m1/s1. The van der Waals surface area contributed by atoms with Gasteiger partial charge in [0.2, 0.25) is 0 Å². The Morgan fingerprint density at radius 1 is 1.29 bits per heavy atom. The van der Waals surface area contributed by atoms with Crippen LogP contribution in [0.5, 0.6) is 0 Å². The van der Waals surface area contributed by atoms with Crippen LogP contribution in [0.3, 0.4) is 0 Å². The van der Waals surface area contributed by atoms with Crippen molar-refractivity contribution in [1.82, 2.24) is 24.1 Å². The largest absolute Gasteiger partial charge is 0.465 e. The molecule has 3 aromatic heterocycles. The van der Waals surface area contributed by atoms with Crippen LogP contribution < -0.4 is 0 Å². The first-order valence-electron chi connectivity index (χ1n) is 12.8. The zero-order valence-electron chi connectivity index (χ0n) is 22.4. The van der Waals surface area contributed by atoms with Crippen LogP contribution in [0.2, 0.25) is 23.2 Å². The predicted octanol–water partition coefficient (Wildman–Crippen LogP) is 5.91. The van der Waals surface area contributed by atoms with E-state index in [4.69, 9.17) is 20.8 Å². The Labute approximate surface area is 228 Å². The number of amides is 1. The number of carboxylic acid groups (broad SMARTS) is 1. The summed E-state index contributed by atoms with van der Waals surface area (Å²) in [5, 5.41) is 15.6. The highest BCUT2D eigenvalue weighted by atomic mass is 35.5. The maximum atomic E-state index is 11.5. The van der Waals surface area contributed by atoms with Gasteiger partial charge in [0.05, 0.1) is 49.1 Å². The van der Waals surface area contributed by atoms with Crippen LogP contribution in [-0.2, 0) is 22.3 Å². The van der Waals surface area contributed by atoms with Crippen LogP contribution >= 0.6 is 11.6 Å². The molecule has 1 atom stereocenters. The molecule has 202 valence electrons. The van der Waals surface area contributed by atoms with E-state index >= 15 is 0 Å². The number of hydrogen-bond acceptors (Lipinski definition) is 5. The van der Waals surface area contributed by atoms with Gasteiger partial charge in [-0.05, 0) is 48.0 Å². The molecule has 11 heteroatoms. The Morgan fingerprint density at radius 3 is 2.82 bits per heavy atom. The van der Waals surface area contributed by atoms with Crippen molar-refractivity contribution < 1.29 is 19.1 Å². The molecule has 0 radical (unpaired) electrons. The number of benzene rings is 1. The molecule has 1 fully saturated rings. The first kappa shape index (κ1) is 26.7. The molecule has 4 heterocycles. The molecule has 1 saturated heterocycles. The molecule has 1 aliphatic rings. The maximum absolute atomic E-state index is 11.5. The second-order valence-corrected chi connectivity index (χ2v) is 16.7.